The Labute approximate surface area is 130 Å². The summed E-state index contributed by atoms with van der Waals surface area (Å²) in [5, 5.41) is 16.6. The lowest BCUT2D eigenvalue weighted by Gasteiger charge is -2.13. The second-order valence-corrected chi connectivity index (χ2v) is 6.84. The molecule has 22 heavy (non-hydrogen) atoms. The number of anilines is 2. The highest BCUT2D eigenvalue weighted by molar-refractivity contribution is 8.22. The third-order valence-corrected chi connectivity index (χ3v) is 5.03. The molecule has 0 unspecified atom stereocenters. The highest BCUT2D eigenvalue weighted by Gasteiger charge is 2.12. The van der Waals surface area contributed by atoms with Crippen LogP contribution in [0.15, 0.2) is 58.5 Å². The number of nitrogens with zero attached hydrogens (tertiary/aromatic N) is 3. The van der Waals surface area contributed by atoms with Crippen molar-refractivity contribution in [1.82, 2.24) is 20.2 Å². The molecular weight excluding hydrogens is 294 g/mol. The van der Waals surface area contributed by atoms with Crippen LogP contribution in [0.2, 0.25) is 0 Å². The van der Waals surface area contributed by atoms with Crippen LogP contribution in [0.1, 0.15) is 5.69 Å². The molecule has 6 heteroatoms. The standard InChI is InChI=1S/C16H15N5S/c1-11-10-14(21-20-11)18-15-12-6-2-3-7-13(12)17-16(19-15)22-8-4-5-9-22/h2-10,22H,1H3,(H2,17,18,19,20,21). The first-order valence-electron chi connectivity index (χ1n) is 6.99. The molecule has 4 rings (SSSR count). The van der Waals surface area contributed by atoms with Crippen LogP contribution < -0.4 is 5.32 Å². The van der Waals surface area contributed by atoms with Gasteiger partial charge in [-0.05, 0) is 29.9 Å². The quantitative estimate of drug-likeness (QED) is 0.508. The summed E-state index contributed by atoms with van der Waals surface area (Å²) in [5.41, 5.74) is 1.88. The Morgan fingerprint density at radius 2 is 1.91 bits per heavy atom. The predicted molar refractivity (Wildman–Crippen MR) is 91.7 cm³/mol. The van der Waals surface area contributed by atoms with Crippen molar-refractivity contribution in [2.45, 2.75) is 12.1 Å². The maximum Gasteiger partial charge on any atom is 0.177 e. The molecule has 3 heterocycles. The van der Waals surface area contributed by atoms with E-state index in [-0.39, 0.29) is 0 Å². The van der Waals surface area contributed by atoms with Gasteiger partial charge in [-0.1, -0.05) is 24.3 Å². The topological polar surface area (TPSA) is 66.5 Å². The van der Waals surface area contributed by atoms with Crippen LogP contribution in [0.25, 0.3) is 10.9 Å². The van der Waals surface area contributed by atoms with E-state index in [1.165, 1.54) is 0 Å². The number of aromatic nitrogens is 4. The van der Waals surface area contributed by atoms with Gasteiger partial charge in [0.05, 0.1) is 11.2 Å². The summed E-state index contributed by atoms with van der Waals surface area (Å²) in [5.74, 6) is 1.64. The lowest BCUT2D eigenvalue weighted by Crippen LogP contribution is -1.99. The van der Waals surface area contributed by atoms with Crippen molar-refractivity contribution < 1.29 is 0 Å². The first-order valence-corrected chi connectivity index (χ1v) is 8.47. The van der Waals surface area contributed by atoms with Gasteiger partial charge in [0, 0.05) is 11.5 Å². The first-order chi connectivity index (χ1) is 10.8. The van der Waals surface area contributed by atoms with Gasteiger partial charge < -0.3 is 5.32 Å². The van der Waals surface area contributed by atoms with Crippen LogP contribution in [0.4, 0.5) is 11.6 Å². The number of rotatable bonds is 3. The van der Waals surface area contributed by atoms with Gasteiger partial charge in [-0.3, -0.25) is 5.10 Å². The van der Waals surface area contributed by atoms with E-state index < -0.39 is 10.9 Å². The number of H-pyrrole nitrogens is 1. The summed E-state index contributed by atoms with van der Waals surface area (Å²) in [6, 6.07) is 9.99. The molecule has 0 fully saturated rings. The fourth-order valence-electron chi connectivity index (χ4n) is 2.36. The normalized spacial score (nSPS) is 14.9. The molecule has 1 aliphatic heterocycles. The van der Waals surface area contributed by atoms with Gasteiger partial charge in [0.2, 0.25) is 0 Å². The minimum absolute atomic E-state index is 0.548. The largest absolute Gasteiger partial charge is 0.325 e. The fraction of sp³-hybridized carbons (Fsp3) is 0.0625. The van der Waals surface area contributed by atoms with E-state index in [1.807, 2.05) is 37.3 Å². The lowest BCUT2D eigenvalue weighted by atomic mass is 10.2. The average molecular weight is 309 g/mol. The molecule has 2 N–H and O–H groups in total. The molecule has 0 spiro atoms. The van der Waals surface area contributed by atoms with Crippen molar-refractivity contribution >= 4 is 33.4 Å². The van der Waals surface area contributed by atoms with Crippen molar-refractivity contribution in [1.29, 1.82) is 0 Å². The van der Waals surface area contributed by atoms with Crippen molar-refractivity contribution in [2.24, 2.45) is 0 Å². The molecule has 0 bridgehead atoms. The van der Waals surface area contributed by atoms with Crippen LogP contribution >= 0.6 is 10.9 Å². The number of fused-ring (bicyclic) bond motifs is 1. The zero-order chi connectivity index (χ0) is 14.9. The molecule has 1 aromatic carbocycles. The second-order valence-electron chi connectivity index (χ2n) is 5.03. The molecule has 0 saturated carbocycles. The Balaban J connectivity index is 1.83. The fourth-order valence-corrected chi connectivity index (χ4v) is 3.73. The van der Waals surface area contributed by atoms with Crippen LogP contribution in [0.5, 0.6) is 0 Å². The zero-order valence-corrected chi connectivity index (χ0v) is 12.9. The number of hydrogen-bond acceptors (Lipinski definition) is 4. The van der Waals surface area contributed by atoms with E-state index in [2.05, 4.69) is 38.5 Å². The summed E-state index contributed by atoms with van der Waals surface area (Å²) in [7, 11) is -0.548. The van der Waals surface area contributed by atoms with Gasteiger partial charge in [0.1, 0.15) is 11.6 Å². The van der Waals surface area contributed by atoms with E-state index in [0.29, 0.717) is 0 Å². The van der Waals surface area contributed by atoms with Crippen LogP contribution in [-0.2, 0) is 0 Å². The Hall–Kier alpha value is -2.60. The van der Waals surface area contributed by atoms with Crippen LogP contribution in [0, 0.1) is 6.92 Å². The smallest absolute Gasteiger partial charge is 0.177 e. The highest BCUT2D eigenvalue weighted by Crippen LogP contribution is 2.41. The minimum atomic E-state index is -0.548. The number of aromatic amines is 1. The molecule has 2 aromatic heterocycles. The number of para-hydroxylation sites is 1. The van der Waals surface area contributed by atoms with Gasteiger partial charge in [0.15, 0.2) is 5.16 Å². The molecule has 0 radical (unpaired) electrons. The molecule has 0 amide bonds. The average Bonchev–Trinajstić information content (AvgIpc) is 3.19. The summed E-state index contributed by atoms with van der Waals surface area (Å²) < 4.78 is 0. The summed E-state index contributed by atoms with van der Waals surface area (Å²) in [4.78, 5) is 9.46. The van der Waals surface area contributed by atoms with E-state index in [4.69, 9.17) is 9.97 Å². The molecule has 3 aromatic rings. The summed E-state index contributed by atoms with van der Waals surface area (Å²) in [6.07, 6.45) is 4.10. The van der Waals surface area contributed by atoms with Crippen molar-refractivity contribution in [3.8, 4) is 0 Å². The number of benzene rings is 1. The van der Waals surface area contributed by atoms with Gasteiger partial charge in [-0.15, -0.1) is 0 Å². The van der Waals surface area contributed by atoms with E-state index in [0.717, 1.165) is 33.4 Å². The number of allylic oxidation sites excluding steroid dienone is 2. The first kappa shape index (κ1) is 13.1. The molecular formula is C16H15N5S. The van der Waals surface area contributed by atoms with Crippen LogP contribution in [0.3, 0.4) is 0 Å². The van der Waals surface area contributed by atoms with Crippen molar-refractivity contribution in [3.05, 3.63) is 59.0 Å². The Morgan fingerprint density at radius 3 is 2.68 bits per heavy atom. The monoisotopic (exact) mass is 309 g/mol. The number of nitrogens with one attached hydrogen (secondary N) is 2. The van der Waals surface area contributed by atoms with Gasteiger partial charge >= 0.3 is 0 Å². The van der Waals surface area contributed by atoms with Crippen molar-refractivity contribution in [2.75, 3.05) is 5.32 Å². The van der Waals surface area contributed by atoms with Gasteiger partial charge in [0.25, 0.3) is 0 Å². The Morgan fingerprint density at radius 1 is 1.09 bits per heavy atom. The van der Waals surface area contributed by atoms with E-state index >= 15 is 0 Å². The number of aryl methyl sites for hydroxylation is 1. The molecule has 110 valence electrons. The predicted octanol–water partition coefficient (Wildman–Crippen LogP) is 3.81. The van der Waals surface area contributed by atoms with Gasteiger partial charge in [-0.25, -0.2) is 9.97 Å². The maximum atomic E-state index is 4.74. The molecule has 1 aliphatic rings. The third-order valence-electron chi connectivity index (χ3n) is 3.39. The zero-order valence-electron chi connectivity index (χ0n) is 12.0. The molecule has 5 nitrogen and oxygen atoms in total. The van der Waals surface area contributed by atoms with Crippen molar-refractivity contribution in [3.63, 3.8) is 0 Å². The molecule has 0 aliphatic carbocycles. The summed E-state index contributed by atoms with van der Waals surface area (Å²) >= 11 is 0. The molecule has 0 atom stereocenters. The third kappa shape index (κ3) is 2.37. The van der Waals surface area contributed by atoms with E-state index in [9.17, 15) is 0 Å². The van der Waals surface area contributed by atoms with Crippen LogP contribution in [-0.4, -0.2) is 20.2 Å². The molecule has 0 saturated heterocycles. The Bertz CT molecular complexity index is 884. The number of hydrogen-bond donors (Lipinski definition) is 3. The number of thiol groups is 1. The lowest BCUT2D eigenvalue weighted by molar-refractivity contribution is 1.00. The SMILES string of the molecule is Cc1cc(Nc2nc([SH]3C=CC=C3)nc3ccccc23)[nH]n1. The second kappa shape index (κ2) is 5.31. The maximum absolute atomic E-state index is 4.74. The van der Waals surface area contributed by atoms with Gasteiger partial charge in [-0.2, -0.15) is 16.0 Å². The minimum Gasteiger partial charge on any atom is -0.325 e. The highest BCUT2D eigenvalue weighted by atomic mass is 32.2. The Kier molecular flexibility index (Phi) is 3.16. The summed E-state index contributed by atoms with van der Waals surface area (Å²) in [6.45, 7) is 1.95. The van der Waals surface area contributed by atoms with E-state index in [1.54, 1.807) is 0 Å².